The van der Waals surface area contributed by atoms with E-state index in [1.54, 1.807) is 33.5 Å². The SMILES string of the molecule is CC1=[N+](C(=O)c2ccc(Cl)c(Cl)c2)Cc2nc(NC(C)C)n(-c3ccc(-c4nccn4C)cc3)c(=O)c2C1. The minimum absolute atomic E-state index is 0.0314. The summed E-state index contributed by atoms with van der Waals surface area (Å²) >= 11 is 12.2. The van der Waals surface area contributed by atoms with Crippen LogP contribution in [0, 0.1) is 0 Å². The number of fused-ring (bicyclic) bond motifs is 1. The van der Waals surface area contributed by atoms with E-state index in [4.69, 9.17) is 28.2 Å². The Kier molecular flexibility index (Phi) is 6.94. The van der Waals surface area contributed by atoms with Crippen LogP contribution in [0.4, 0.5) is 5.95 Å². The summed E-state index contributed by atoms with van der Waals surface area (Å²) in [5.74, 6) is 1.04. The van der Waals surface area contributed by atoms with E-state index in [2.05, 4.69) is 10.3 Å². The van der Waals surface area contributed by atoms with E-state index in [0.717, 1.165) is 17.1 Å². The summed E-state index contributed by atoms with van der Waals surface area (Å²) in [4.78, 5) is 36.5. The highest BCUT2D eigenvalue weighted by Gasteiger charge is 2.33. The van der Waals surface area contributed by atoms with Crippen LogP contribution in [-0.4, -0.2) is 41.3 Å². The molecule has 1 N–H and O–H groups in total. The van der Waals surface area contributed by atoms with Crippen molar-refractivity contribution in [3.63, 3.8) is 0 Å². The number of aryl methyl sites for hydroxylation is 1. The Labute approximate surface area is 230 Å². The van der Waals surface area contributed by atoms with Gasteiger partial charge in [-0.25, -0.2) is 19.3 Å². The molecule has 5 rings (SSSR count). The summed E-state index contributed by atoms with van der Waals surface area (Å²) in [6, 6.07) is 12.5. The summed E-state index contributed by atoms with van der Waals surface area (Å²) in [5.41, 5.74) is 3.79. The van der Waals surface area contributed by atoms with Crippen LogP contribution in [0.5, 0.6) is 0 Å². The van der Waals surface area contributed by atoms with Gasteiger partial charge in [0.25, 0.3) is 5.56 Å². The van der Waals surface area contributed by atoms with Crippen LogP contribution in [0.2, 0.25) is 10.0 Å². The smallest absolute Gasteiger partial charge is 0.353 e. The van der Waals surface area contributed by atoms with E-state index in [9.17, 15) is 9.59 Å². The van der Waals surface area contributed by atoms with Crippen LogP contribution in [-0.2, 0) is 20.0 Å². The highest BCUT2D eigenvalue weighted by Crippen LogP contribution is 2.25. The van der Waals surface area contributed by atoms with E-state index < -0.39 is 0 Å². The monoisotopic (exact) mass is 549 g/mol. The topological polar surface area (TPSA) is 84.8 Å². The fraction of sp³-hybridized carbons (Fsp3) is 0.250. The van der Waals surface area contributed by atoms with E-state index in [1.165, 1.54) is 0 Å². The van der Waals surface area contributed by atoms with Gasteiger partial charge in [-0.3, -0.25) is 4.79 Å². The van der Waals surface area contributed by atoms with Gasteiger partial charge in [-0.15, -0.1) is 0 Å². The maximum Gasteiger partial charge on any atom is 0.419 e. The van der Waals surface area contributed by atoms with E-state index >= 15 is 0 Å². The third kappa shape index (κ3) is 4.77. The van der Waals surface area contributed by atoms with E-state index in [0.29, 0.717) is 44.9 Å². The van der Waals surface area contributed by atoms with Crippen molar-refractivity contribution >= 4 is 40.8 Å². The van der Waals surface area contributed by atoms with Gasteiger partial charge in [0.05, 0.1) is 33.3 Å². The molecule has 1 aliphatic rings. The van der Waals surface area contributed by atoms with Gasteiger partial charge in [0.2, 0.25) is 5.95 Å². The predicted octanol–water partition coefficient (Wildman–Crippen LogP) is 5.13. The first-order chi connectivity index (χ1) is 18.1. The van der Waals surface area contributed by atoms with Crippen LogP contribution in [0.25, 0.3) is 17.1 Å². The molecule has 194 valence electrons. The molecular formula is C28H27Cl2N6O2+. The molecule has 3 heterocycles. The van der Waals surface area contributed by atoms with Crippen molar-refractivity contribution in [3.05, 3.63) is 92.1 Å². The molecule has 2 aromatic heterocycles. The summed E-state index contributed by atoms with van der Waals surface area (Å²) < 4.78 is 5.18. The molecule has 0 bridgehead atoms. The van der Waals surface area contributed by atoms with Crippen molar-refractivity contribution in [1.82, 2.24) is 19.1 Å². The van der Waals surface area contributed by atoms with Crippen molar-refractivity contribution < 1.29 is 9.37 Å². The summed E-state index contributed by atoms with van der Waals surface area (Å²) in [5, 5.41) is 4.00. The second kappa shape index (κ2) is 10.2. The number of anilines is 1. The minimum Gasteiger partial charge on any atom is -0.353 e. The Bertz CT molecular complexity index is 1650. The average Bonchev–Trinajstić information content (AvgIpc) is 3.31. The number of amides is 1. The number of hydrogen-bond acceptors (Lipinski definition) is 5. The predicted molar refractivity (Wildman–Crippen MR) is 150 cm³/mol. The van der Waals surface area contributed by atoms with Crippen molar-refractivity contribution in [2.24, 2.45) is 7.05 Å². The Morgan fingerprint density at radius 2 is 1.84 bits per heavy atom. The Balaban J connectivity index is 1.56. The van der Waals surface area contributed by atoms with Gasteiger partial charge >= 0.3 is 5.91 Å². The molecule has 4 aromatic rings. The van der Waals surface area contributed by atoms with Gasteiger partial charge in [0.1, 0.15) is 11.5 Å². The number of carbonyl (C=O) groups is 1. The maximum absolute atomic E-state index is 13.9. The molecule has 0 atom stereocenters. The first-order valence-electron chi connectivity index (χ1n) is 12.2. The average molecular weight is 550 g/mol. The maximum atomic E-state index is 13.9. The third-order valence-corrected chi connectivity index (χ3v) is 7.24. The van der Waals surface area contributed by atoms with Gasteiger partial charge in [0.15, 0.2) is 12.3 Å². The molecule has 0 saturated heterocycles. The molecule has 0 spiro atoms. The first-order valence-corrected chi connectivity index (χ1v) is 13.0. The molecular weight excluding hydrogens is 523 g/mol. The number of halogens is 2. The zero-order valence-electron chi connectivity index (χ0n) is 21.5. The number of carbonyl (C=O) groups excluding carboxylic acids is 1. The molecule has 1 amide bonds. The van der Waals surface area contributed by atoms with Crippen LogP contribution in [0.1, 0.15) is 42.4 Å². The highest BCUT2D eigenvalue weighted by molar-refractivity contribution is 6.42. The lowest BCUT2D eigenvalue weighted by atomic mass is 10.0. The lowest BCUT2D eigenvalue weighted by Gasteiger charge is -2.21. The Hall–Kier alpha value is -3.75. The molecule has 0 unspecified atom stereocenters. The fourth-order valence-electron chi connectivity index (χ4n) is 4.57. The lowest BCUT2D eigenvalue weighted by molar-refractivity contribution is -0.450. The molecule has 10 heteroatoms. The summed E-state index contributed by atoms with van der Waals surface area (Å²) in [6.07, 6.45) is 3.95. The minimum atomic E-state index is -0.221. The Morgan fingerprint density at radius 3 is 2.47 bits per heavy atom. The second-order valence-electron chi connectivity index (χ2n) is 9.64. The molecule has 8 nitrogen and oxygen atoms in total. The van der Waals surface area contributed by atoms with Crippen molar-refractivity contribution in [3.8, 4) is 17.1 Å². The number of benzene rings is 2. The van der Waals surface area contributed by atoms with Gasteiger partial charge in [-0.2, -0.15) is 4.58 Å². The summed E-state index contributed by atoms with van der Waals surface area (Å²) in [6.45, 7) is 6.00. The molecule has 1 aliphatic heterocycles. The quantitative estimate of drug-likeness (QED) is 0.349. The molecule has 0 saturated carbocycles. The standard InChI is InChI=1S/C28H26Cl2N6O2/c1-16(2)32-28-33-24-15-35(26(37)19-7-10-22(29)23(30)14-19)17(3)13-21(24)27(38)36(28)20-8-5-18(6-9-20)25-31-11-12-34(25)4/h5-12,14,16H,13,15H2,1-4H3/p+1. The normalized spacial score (nSPS) is 13.1. The van der Waals surface area contributed by atoms with Gasteiger partial charge in [-0.05, 0) is 56.3 Å². The van der Waals surface area contributed by atoms with Crippen LogP contribution < -0.4 is 10.9 Å². The molecule has 38 heavy (non-hydrogen) atoms. The second-order valence-corrected chi connectivity index (χ2v) is 10.5. The van der Waals surface area contributed by atoms with Crippen molar-refractivity contribution in [2.75, 3.05) is 5.32 Å². The number of nitrogens with zero attached hydrogens (tertiary/aromatic N) is 5. The zero-order chi connectivity index (χ0) is 27.1. The zero-order valence-corrected chi connectivity index (χ0v) is 23.0. The number of imidazole rings is 1. The lowest BCUT2D eigenvalue weighted by Crippen LogP contribution is -2.38. The number of aromatic nitrogens is 4. The molecule has 0 aliphatic carbocycles. The van der Waals surface area contributed by atoms with E-state index in [1.807, 2.05) is 62.8 Å². The molecule has 0 fully saturated rings. The largest absolute Gasteiger partial charge is 0.419 e. The number of hydrogen-bond donors (Lipinski definition) is 1. The van der Waals surface area contributed by atoms with Crippen LogP contribution in [0.15, 0.2) is 59.7 Å². The van der Waals surface area contributed by atoms with E-state index in [-0.39, 0.29) is 24.1 Å². The van der Waals surface area contributed by atoms with Crippen LogP contribution >= 0.6 is 23.2 Å². The van der Waals surface area contributed by atoms with Crippen LogP contribution in [0.3, 0.4) is 0 Å². The first kappa shape index (κ1) is 25.9. The third-order valence-electron chi connectivity index (χ3n) is 6.50. The van der Waals surface area contributed by atoms with Gasteiger partial charge in [-0.1, -0.05) is 23.2 Å². The van der Waals surface area contributed by atoms with Crippen molar-refractivity contribution in [2.45, 2.75) is 39.8 Å². The molecule has 0 radical (unpaired) electrons. The summed E-state index contributed by atoms with van der Waals surface area (Å²) in [7, 11) is 1.94. The van der Waals surface area contributed by atoms with Gasteiger partial charge in [0, 0.05) is 38.0 Å². The Morgan fingerprint density at radius 1 is 1.11 bits per heavy atom. The van der Waals surface area contributed by atoms with Gasteiger partial charge < -0.3 is 9.88 Å². The fourth-order valence-corrected chi connectivity index (χ4v) is 4.87. The number of rotatable bonds is 5. The molecule has 2 aromatic carbocycles. The number of nitrogens with one attached hydrogen (secondary N) is 1. The van der Waals surface area contributed by atoms with Crippen molar-refractivity contribution in [1.29, 1.82) is 0 Å². The highest BCUT2D eigenvalue weighted by atomic mass is 35.5.